The zero-order valence-corrected chi connectivity index (χ0v) is 14.9. The lowest BCUT2D eigenvalue weighted by atomic mass is 9.95. The van der Waals surface area contributed by atoms with Crippen molar-refractivity contribution in [2.75, 3.05) is 32.4 Å². The predicted molar refractivity (Wildman–Crippen MR) is 100 cm³/mol. The van der Waals surface area contributed by atoms with Gasteiger partial charge in [-0.3, -0.25) is 4.90 Å². The first-order chi connectivity index (χ1) is 11.3. The minimum atomic E-state index is 0.353. The number of thioether (sulfide) groups is 1. The summed E-state index contributed by atoms with van der Waals surface area (Å²) in [5.74, 6) is 0. The summed E-state index contributed by atoms with van der Waals surface area (Å²) in [4.78, 5) is 3.96. The third-order valence-electron chi connectivity index (χ3n) is 4.53. The Morgan fingerprint density at radius 1 is 1.00 bits per heavy atom. The molecule has 2 aromatic rings. The fourth-order valence-electron chi connectivity index (χ4n) is 3.37. The van der Waals surface area contributed by atoms with E-state index < -0.39 is 0 Å². The van der Waals surface area contributed by atoms with Crippen LogP contribution in [0, 0.1) is 6.92 Å². The Balaban J connectivity index is 1.97. The van der Waals surface area contributed by atoms with Crippen molar-refractivity contribution in [3.05, 3.63) is 65.2 Å². The number of benzene rings is 2. The molecule has 1 fully saturated rings. The average molecular weight is 327 g/mol. The van der Waals surface area contributed by atoms with Crippen molar-refractivity contribution in [1.82, 2.24) is 10.2 Å². The molecule has 1 atom stereocenters. The number of nitrogens with zero attached hydrogens (tertiary/aromatic N) is 1. The van der Waals surface area contributed by atoms with Crippen LogP contribution < -0.4 is 5.32 Å². The van der Waals surface area contributed by atoms with Crippen LogP contribution in [0.5, 0.6) is 0 Å². The molecule has 23 heavy (non-hydrogen) atoms. The molecule has 0 amide bonds. The highest BCUT2D eigenvalue weighted by Gasteiger charge is 2.23. The van der Waals surface area contributed by atoms with Crippen molar-refractivity contribution in [2.24, 2.45) is 0 Å². The fraction of sp³-hybridized carbons (Fsp3) is 0.400. The molecule has 122 valence electrons. The number of hydrogen-bond donors (Lipinski definition) is 1. The molecule has 1 unspecified atom stereocenters. The Bertz CT molecular complexity index is 616. The molecule has 1 N–H and O–H groups in total. The first-order valence-electron chi connectivity index (χ1n) is 8.43. The van der Waals surface area contributed by atoms with E-state index in [4.69, 9.17) is 0 Å². The van der Waals surface area contributed by atoms with Gasteiger partial charge >= 0.3 is 0 Å². The Morgan fingerprint density at radius 2 is 1.83 bits per heavy atom. The highest BCUT2D eigenvalue weighted by molar-refractivity contribution is 7.98. The van der Waals surface area contributed by atoms with Crippen LogP contribution in [0.3, 0.4) is 0 Å². The van der Waals surface area contributed by atoms with E-state index in [9.17, 15) is 0 Å². The molecule has 0 aliphatic carbocycles. The third-order valence-corrected chi connectivity index (χ3v) is 5.27. The van der Waals surface area contributed by atoms with Crippen molar-refractivity contribution in [1.29, 1.82) is 0 Å². The van der Waals surface area contributed by atoms with Crippen LogP contribution in [0.4, 0.5) is 0 Å². The van der Waals surface area contributed by atoms with Crippen molar-refractivity contribution in [2.45, 2.75) is 24.3 Å². The van der Waals surface area contributed by atoms with Gasteiger partial charge in [-0.15, -0.1) is 11.8 Å². The molecule has 0 aromatic heterocycles. The van der Waals surface area contributed by atoms with Gasteiger partial charge in [0.15, 0.2) is 0 Å². The highest BCUT2D eigenvalue weighted by Crippen LogP contribution is 2.30. The molecule has 3 heteroatoms. The van der Waals surface area contributed by atoms with Crippen molar-refractivity contribution in [3.63, 3.8) is 0 Å². The summed E-state index contributed by atoms with van der Waals surface area (Å²) in [6.07, 6.45) is 3.35. The summed E-state index contributed by atoms with van der Waals surface area (Å²) >= 11 is 1.80. The van der Waals surface area contributed by atoms with Gasteiger partial charge < -0.3 is 5.32 Å². The normalized spacial score (nSPS) is 17.7. The van der Waals surface area contributed by atoms with Gasteiger partial charge in [-0.05, 0) is 49.4 Å². The molecule has 1 aliphatic heterocycles. The number of aryl methyl sites for hydroxylation is 1. The maximum absolute atomic E-state index is 3.52. The highest BCUT2D eigenvalue weighted by atomic mass is 32.2. The van der Waals surface area contributed by atoms with Crippen LogP contribution in [0.1, 0.15) is 29.2 Å². The first-order valence-corrected chi connectivity index (χ1v) is 9.65. The molecular formula is C20H26N2S. The molecule has 0 spiro atoms. The van der Waals surface area contributed by atoms with E-state index in [1.807, 2.05) is 0 Å². The fourth-order valence-corrected chi connectivity index (χ4v) is 3.77. The number of rotatable bonds is 4. The smallest absolute Gasteiger partial charge is 0.0602 e. The van der Waals surface area contributed by atoms with Crippen LogP contribution in [0.15, 0.2) is 53.4 Å². The predicted octanol–water partition coefficient (Wildman–Crippen LogP) is 4.10. The van der Waals surface area contributed by atoms with Gasteiger partial charge in [-0.1, -0.05) is 42.0 Å². The van der Waals surface area contributed by atoms with Gasteiger partial charge in [0.05, 0.1) is 6.04 Å². The zero-order chi connectivity index (χ0) is 16.1. The summed E-state index contributed by atoms with van der Waals surface area (Å²) in [5, 5.41) is 3.52. The van der Waals surface area contributed by atoms with Gasteiger partial charge in [-0.25, -0.2) is 0 Å². The van der Waals surface area contributed by atoms with Gasteiger partial charge in [0.1, 0.15) is 0 Å². The van der Waals surface area contributed by atoms with Crippen LogP contribution in [0.25, 0.3) is 0 Å². The van der Waals surface area contributed by atoms with Gasteiger partial charge in [0.25, 0.3) is 0 Å². The van der Waals surface area contributed by atoms with E-state index in [0.29, 0.717) is 6.04 Å². The van der Waals surface area contributed by atoms with Gasteiger partial charge in [0.2, 0.25) is 0 Å². The molecule has 2 aromatic carbocycles. The Labute approximate surface area is 144 Å². The SMILES string of the molecule is CSc1ccc(C(c2cccc(C)c2)N2CCCNCC2)cc1. The number of nitrogens with one attached hydrogen (secondary N) is 1. The maximum Gasteiger partial charge on any atom is 0.0602 e. The molecule has 0 radical (unpaired) electrons. The zero-order valence-electron chi connectivity index (χ0n) is 14.1. The van der Waals surface area contributed by atoms with Crippen LogP contribution in [-0.4, -0.2) is 37.3 Å². The van der Waals surface area contributed by atoms with Gasteiger partial charge in [0, 0.05) is 24.5 Å². The van der Waals surface area contributed by atoms with Gasteiger partial charge in [-0.2, -0.15) is 0 Å². The minimum Gasteiger partial charge on any atom is -0.315 e. The average Bonchev–Trinajstić information content (AvgIpc) is 2.85. The van der Waals surface area contributed by atoms with E-state index in [1.54, 1.807) is 11.8 Å². The number of hydrogen-bond acceptors (Lipinski definition) is 3. The lowest BCUT2D eigenvalue weighted by molar-refractivity contribution is 0.241. The maximum atomic E-state index is 3.52. The second kappa shape index (κ2) is 8.00. The molecule has 1 aliphatic rings. The van der Waals surface area contributed by atoms with E-state index in [1.165, 1.54) is 28.0 Å². The van der Waals surface area contributed by atoms with E-state index in [-0.39, 0.29) is 0 Å². The topological polar surface area (TPSA) is 15.3 Å². The van der Waals surface area contributed by atoms with Crippen molar-refractivity contribution < 1.29 is 0 Å². The first kappa shape index (κ1) is 16.6. The largest absolute Gasteiger partial charge is 0.315 e. The summed E-state index contributed by atoms with van der Waals surface area (Å²) in [5.41, 5.74) is 4.14. The van der Waals surface area contributed by atoms with E-state index in [0.717, 1.165) is 26.2 Å². The molecule has 0 bridgehead atoms. The quantitative estimate of drug-likeness (QED) is 0.852. The Hall–Kier alpha value is -1.29. The third kappa shape index (κ3) is 4.17. The Kier molecular flexibility index (Phi) is 5.76. The summed E-state index contributed by atoms with van der Waals surface area (Å²) < 4.78 is 0. The molecular weight excluding hydrogens is 300 g/mol. The van der Waals surface area contributed by atoms with Crippen molar-refractivity contribution >= 4 is 11.8 Å². The Morgan fingerprint density at radius 3 is 2.57 bits per heavy atom. The van der Waals surface area contributed by atoms with E-state index in [2.05, 4.69) is 71.9 Å². The van der Waals surface area contributed by atoms with E-state index >= 15 is 0 Å². The monoisotopic (exact) mass is 326 g/mol. The second-order valence-electron chi connectivity index (χ2n) is 6.23. The lowest BCUT2D eigenvalue weighted by Gasteiger charge is -2.31. The van der Waals surface area contributed by atoms with Crippen LogP contribution in [-0.2, 0) is 0 Å². The van der Waals surface area contributed by atoms with Crippen LogP contribution in [0.2, 0.25) is 0 Å². The summed E-state index contributed by atoms with van der Waals surface area (Å²) in [6.45, 7) is 6.63. The summed E-state index contributed by atoms with van der Waals surface area (Å²) in [6, 6.07) is 18.4. The summed E-state index contributed by atoms with van der Waals surface area (Å²) in [7, 11) is 0. The van der Waals surface area contributed by atoms with Crippen LogP contribution >= 0.6 is 11.8 Å². The molecule has 0 saturated carbocycles. The minimum absolute atomic E-state index is 0.353. The molecule has 1 heterocycles. The molecule has 2 nitrogen and oxygen atoms in total. The second-order valence-corrected chi connectivity index (χ2v) is 7.11. The van der Waals surface area contributed by atoms with Crippen molar-refractivity contribution in [3.8, 4) is 0 Å². The molecule has 1 saturated heterocycles. The molecule has 3 rings (SSSR count). The standard InChI is InChI=1S/C20H26N2S/c1-16-5-3-6-18(15-16)20(22-13-4-11-21-12-14-22)17-7-9-19(23-2)10-8-17/h3,5-10,15,20-21H,4,11-14H2,1-2H3. The lowest BCUT2D eigenvalue weighted by Crippen LogP contribution is -2.33.